The Morgan fingerprint density at radius 2 is 2.11 bits per heavy atom. The van der Waals surface area contributed by atoms with Crippen LogP contribution in [0.25, 0.3) is 0 Å². The number of alkyl halides is 1. The minimum atomic E-state index is 0.445. The number of rotatable bonds is 4. The molecule has 2 rings (SSSR count). The average molecular weight is 311 g/mol. The first kappa shape index (κ1) is 14.1. The molecule has 0 aromatic heterocycles. The number of aryl methyl sites for hydroxylation is 2. The van der Waals surface area contributed by atoms with Crippen molar-refractivity contribution in [1.29, 1.82) is 0 Å². The van der Waals surface area contributed by atoms with E-state index in [1.165, 1.54) is 23.1 Å². The second-order valence-corrected chi connectivity index (χ2v) is 6.58. The molecule has 0 aliphatic carbocycles. The Balaban J connectivity index is 2.02. The van der Waals surface area contributed by atoms with Gasteiger partial charge in [-0.1, -0.05) is 41.1 Å². The predicted molar refractivity (Wildman–Crippen MR) is 80.5 cm³/mol. The molecule has 1 aliphatic heterocycles. The lowest BCUT2D eigenvalue weighted by Crippen LogP contribution is -2.25. The third kappa shape index (κ3) is 3.16. The molecule has 3 atom stereocenters. The number of benzene rings is 1. The molecule has 0 amide bonds. The topological polar surface area (TPSA) is 9.23 Å². The van der Waals surface area contributed by atoms with Crippen LogP contribution in [0.2, 0.25) is 0 Å². The zero-order valence-corrected chi connectivity index (χ0v) is 13.2. The van der Waals surface area contributed by atoms with E-state index in [-0.39, 0.29) is 0 Å². The molecule has 0 bridgehead atoms. The normalized spacial score (nSPS) is 25.3. The first-order valence-corrected chi connectivity index (χ1v) is 7.85. The molecule has 18 heavy (non-hydrogen) atoms. The molecule has 1 saturated heterocycles. The van der Waals surface area contributed by atoms with Gasteiger partial charge in [0.05, 0.1) is 6.10 Å². The van der Waals surface area contributed by atoms with E-state index in [4.69, 9.17) is 4.74 Å². The number of hydrogen-bond donors (Lipinski definition) is 0. The molecule has 1 aliphatic rings. The lowest BCUT2D eigenvalue weighted by atomic mass is 9.91. The van der Waals surface area contributed by atoms with Crippen LogP contribution in [0.5, 0.6) is 0 Å². The average Bonchev–Trinajstić information content (AvgIpc) is 2.82. The van der Waals surface area contributed by atoms with Crippen molar-refractivity contribution in [3.05, 3.63) is 34.9 Å². The summed E-state index contributed by atoms with van der Waals surface area (Å²) in [4.78, 5) is 0.534. The summed E-state index contributed by atoms with van der Waals surface area (Å²) in [7, 11) is 0. The van der Waals surface area contributed by atoms with Crippen molar-refractivity contribution in [2.24, 2.45) is 5.92 Å². The highest BCUT2D eigenvalue weighted by Crippen LogP contribution is 2.32. The number of halogens is 1. The van der Waals surface area contributed by atoms with Crippen molar-refractivity contribution in [2.75, 3.05) is 6.61 Å². The minimum Gasteiger partial charge on any atom is -0.378 e. The minimum absolute atomic E-state index is 0.445. The Morgan fingerprint density at radius 1 is 1.33 bits per heavy atom. The van der Waals surface area contributed by atoms with Crippen molar-refractivity contribution in [3.63, 3.8) is 0 Å². The van der Waals surface area contributed by atoms with Crippen molar-refractivity contribution in [1.82, 2.24) is 0 Å². The van der Waals surface area contributed by atoms with Crippen molar-refractivity contribution < 1.29 is 4.74 Å². The second-order valence-electron chi connectivity index (χ2n) is 5.41. The van der Waals surface area contributed by atoms with Crippen LogP contribution >= 0.6 is 15.9 Å². The van der Waals surface area contributed by atoms with E-state index in [2.05, 4.69) is 54.9 Å². The maximum Gasteiger partial charge on any atom is 0.0612 e. The first-order valence-electron chi connectivity index (χ1n) is 6.93. The zero-order chi connectivity index (χ0) is 13.1. The summed E-state index contributed by atoms with van der Waals surface area (Å²) in [5.74, 6) is 0.664. The lowest BCUT2D eigenvalue weighted by Gasteiger charge is -2.22. The van der Waals surface area contributed by atoms with Gasteiger partial charge in [-0.3, -0.25) is 0 Å². The van der Waals surface area contributed by atoms with Gasteiger partial charge in [0.15, 0.2) is 0 Å². The molecule has 1 aromatic carbocycles. The summed E-state index contributed by atoms with van der Waals surface area (Å²) in [6.07, 6.45) is 3.87. The van der Waals surface area contributed by atoms with Crippen LogP contribution in [-0.4, -0.2) is 17.5 Å². The summed E-state index contributed by atoms with van der Waals surface area (Å²) >= 11 is 3.89. The molecule has 0 N–H and O–H groups in total. The highest BCUT2D eigenvalue weighted by molar-refractivity contribution is 9.09. The summed E-state index contributed by atoms with van der Waals surface area (Å²) in [6, 6.07) is 6.81. The standard InChI is InChI=1S/C16H23BrO/c1-4-16-14(7-8-18-16)15(17)10-13-6-5-11(2)12(3)9-13/h5-6,9,14-16H,4,7-8,10H2,1-3H3. The molecule has 100 valence electrons. The van der Waals surface area contributed by atoms with E-state index < -0.39 is 0 Å². The molecule has 1 nitrogen and oxygen atoms in total. The van der Waals surface area contributed by atoms with Gasteiger partial charge in [-0.25, -0.2) is 0 Å². The highest BCUT2D eigenvalue weighted by atomic mass is 79.9. The second kappa shape index (κ2) is 6.21. The Labute approximate surface area is 119 Å². The van der Waals surface area contributed by atoms with Crippen molar-refractivity contribution in [2.45, 2.75) is 51.0 Å². The van der Waals surface area contributed by atoms with E-state index in [0.29, 0.717) is 16.8 Å². The van der Waals surface area contributed by atoms with Crippen LogP contribution in [0.3, 0.4) is 0 Å². The van der Waals surface area contributed by atoms with Crippen LogP contribution < -0.4 is 0 Å². The van der Waals surface area contributed by atoms with Gasteiger partial charge >= 0.3 is 0 Å². The Morgan fingerprint density at radius 3 is 2.78 bits per heavy atom. The summed E-state index contributed by atoms with van der Waals surface area (Å²) in [5, 5.41) is 0. The third-order valence-electron chi connectivity index (χ3n) is 4.13. The van der Waals surface area contributed by atoms with Gasteiger partial charge in [0, 0.05) is 17.4 Å². The predicted octanol–water partition coefficient (Wildman–Crippen LogP) is 4.42. The van der Waals surface area contributed by atoms with E-state index in [1.54, 1.807) is 0 Å². The zero-order valence-electron chi connectivity index (χ0n) is 11.6. The Hall–Kier alpha value is -0.340. The fourth-order valence-electron chi connectivity index (χ4n) is 2.81. The SMILES string of the molecule is CCC1OCCC1C(Br)Cc1ccc(C)c(C)c1. The van der Waals surface area contributed by atoms with Crippen LogP contribution in [0, 0.1) is 19.8 Å². The molecular weight excluding hydrogens is 288 g/mol. The van der Waals surface area contributed by atoms with Gasteiger partial charge in [0.25, 0.3) is 0 Å². The van der Waals surface area contributed by atoms with Gasteiger partial charge in [-0.15, -0.1) is 0 Å². The molecule has 1 aromatic rings. The Kier molecular flexibility index (Phi) is 4.85. The van der Waals surface area contributed by atoms with Crippen molar-refractivity contribution in [3.8, 4) is 0 Å². The van der Waals surface area contributed by atoms with Gasteiger partial charge in [-0.2, -0.15) is 0 Å². The molecule has 2 heteroatoms. The summed E-state index contributed by atoms with van der Waals surface area (Å²) in [5.41, 5.74) is 4.20. The van der Waals surface area contributed by atoms with Crippen LogP contribution in [0.1, 0.15) is 36.5 Å². The van der Waals surface area contributed by atoms with Gasteiger partial charge < -0.3 is 4.74 Å². The van der Waals surface area contributed by atoms with E-state index >= 15 is 0 Å². The monoisotopic (exact) mass is 310 g/mol. The number of hydrogen-bond acceptors (Lipinski definition) is 1. The molecule has 0 radical (unpaired) electrons. The third-order valence-corrected chi connectivity index (χ3v) is 5.13. The quantitative estimate of drug-likeness (QED) is 0.748. The first-order chi connectivity index (χ1) is 8.61. The fraction of sp³-hybridized carbons (Fsp3) is 0.625. The van der Waals surface area contributed by atoms with Crippen molar-refractivity contribution >= 4 is 15.9 Å². The molecule has 0 saturated carbocycles. The molecule has 0 spiro atoms. The van der Waals surface area contributed by atoms with Gasteiger partial charge in [0.1, 0.15) is 0 Å². The highest BCUT2D eigenvalue weighted by Gasteiger charge is 2.32. The van der Waals surface area contributed by atoms with E-state index in [0.717, 1.165) is 19.4 Å². The lowest BCUT2D eigenvalue weighted by molar-refractivity contribution is 0.0873. The summed E-state index contributed by atoms with van der Waals surface area (Å²) < 4.78 is 5.79. The largest absolute Gasteiger partial charge is 0.378 e. The summed E-state index contributed by atoms with van der Waals surface area (Å²) in [6.45, 7) is 7.51. The smallest absolute Gasteiger partial charge is 0.0612 e. The maximum atomic E-state index is 5.79. The van der Waals surface area contributed by atoms with Gasteiger partial charge in [0.2, 0.25) is 0 Å². The number of ether oxygens (including phenoxy) is 1. The van der Waals surface area contributed by atoms with E-state index in [1.807, 2.05) is 0 Å². The van der Waals surface area contributed by atoms with Crippen LogP contribution in [0.15, 0.2) is 18.2 Å². The Bertz CT molecular complexity index is 402. The van der Waals surface area contributed by atoms with Crippen LogP contribution in [-0.2, 0) is 11.2 Å². The van der Waals surface area contributed by atoms with E-state index in [9.17, 15) is 0 Å². The van der Waals surface area contributed by atoms with Gasteiger partial charge in [-0.05, 0) is 49.8 Å². The maximum absolute atomic E-state index is 5.79. The van der Waals surface area contributed by atoms with Crippen LogP contribution in [0.4, 0.5) is 0 Å². The fourth-order valence-corrected chi connectivity index (χ4v) is 3.78. The molecule has 3 unspecified atom stereocenters. The molecule has 1 heterocycles. The molecular formula is C16H23BrO. The molecule has 1 fully saturated rings.